The Morgan fingerprint density at radius 2 is 2.05 bits per heavy atom. The fourth-order valence-electron chi connectivity index (χ4n) is 1.93. The first-order chi connectivity index (χ1) is 9.58. The SMILES string of the molecule is CC(Cn1ccnc1)NC(=O)c1ccccc1C(=O)O. The molecule has 0 aliphatic rings. The van der Waals surface area contributed by atoms with Gasteiger partial charge in [-0.2, -0.15) is 0 Å². The van der Waals surface area contributed by atoms with Crippen molar-refractivity contribution >= 4 is 11.9 Å². The van der Waals surface area contributed by atoms with Gasteiger partial charge in [-0.05, 0) is 19.1 Å². The summed E-state index contributed by atoms with van der Waals surface area (Å²) in [6.45, 7) is 2.42. The lowest BCUT2D eigenvalue weighted by Crippen LogP contribution is -2.36. The van der Waals surface area contributed by atoms with Crippen molar-refractivity contribution in [1.82, 2.24) is 14.9 Å². The smallest absolute Gasteiger partial charge is 0.336 e. The normalized spacial score (nSPS) is 11.8. The van der Waals surface area contributed by atoms with Gasteiger partial charge in [-0.15, -0.1) is 0 Å². The van der Waals surface area contributed by atoms with Crippen molar-refractivity contribution in [3.8, 4) is 0 Å². The van der Waals surface area contributed by atoms with Crippen molar-refractivity contribution < 1.29 is 14.7 Å². The first kappa shape index (κ1) is 13.8. The lowest BCUT2D eigenvalue weighted by atomic mass is 10.1. The number of imidazole rings is 1. The van der Waals surface area contributed by atoms with Crippen LogP contribution in [0.15, 0.2) is 43.0 Å². The molecule has 0 saturated heterocycles. The monoisotopic (exact) mass is 273 g/mol. The zero-order chi connectivity index (χ0) is 14.5. The molecule has 104 valence electrons. The molecule has 0 bridgehead atoms. The summed E-state index contributed by atoms with van der Waals surface area (Å²) in [6.07, 6.45) is 5.12. The number of hydrogen-bond acceptors (Lipinski definition) is 3. The number of rotatable bonds is 5. The predicted molar refractivity (Wildman–Crippen MR) is 72.6 cm³/mol. The molecule has 6 heteroatoms. The molecule has 1 aromatic carbocycles. The number of benzene rings is 1. The molecule has 2 N–H and O–H groups in total. The number of nitrogens with zero attached hydrogens (tertiary/aromatic N) is 2. The third-order valence-electron chi connectivity index (χ3n) is 2.82. The molecule has 1 amide bonds. The van der Waals surface area contributed by atoms with Gasteiger partial charge in [-0.25, -0.2) is 9.78 Å². The van der Waals surface area contributed by atoms with Gasteiger partial charge in [0.05, 0.1) is 17.5 Å². The van der Waals surface area contributed by atoms with Gasteiger partial charge in [0.25, 0.3) is 5.91 Å². The quantitative estimate of drug-likeness (QED) is 0.862. The molecule has 1 atom stereocenters. The average Bonchev–Trinajstić information content (AvgIpc) is 2.91. The molecule has 0 aliphatic heterocycles. The lowest BCUT2D eigenvalue weighted by molar-refractivity contribution is 0.0690. The van der Waals surface area contributed by atoms with Gasteiger partial charge in [0.15, 0.2) is 0 Å². The van der Waals surface area contributed by atoms with Crippen molar-refractivity contribution in [3.05, 3.63) is 54.1 Å². The van der Waals surface area contributed by atoms with E-state index in [1.807, 2.05) is 11.5 Å². The van der Waals surface area contributed by atoms with Crippen molar-refractivity contribution in [2.45, 2.75) is 19.5 Å². The maximum atomic E-state index is 12.1. The van der Waals surface area contributed by atoms with Crippen LogP contribution >= 0.6 is 0 Å². The molecule has 6 nitrogen and oxygen atoms in total. The van der Waals surface area contributed by atoms with Gasteiger partial charge in [-0.1, -0.05) is 12.1 Å². The van der Waals surface area contributed by atoms with Gasteiger partial charge < -0.3 is 15.0 Å². The van der Waals surface area contributed by atoms with Crippen molar-refractivity contribution in [3.63, 3.8) is 0 Å². The van der Waals surface area contributed by atoms with Crippen LogP contribution in [0, 0.1) is 0 Å². The van der Waals surface area contributed by atoms with Crippen LogP contribution in [0.4, 0.5) is 0 Å². The van der Waals surface area contributed by atoms with Gasteiger partial charge >= 0.3 is 5.97 Å². The maximum Gasteiger partial charge on any atom is 0.336 e. The summed E-state index contributed by atoms with van der Waals surface area (Å²) in [4.78, 5) is 27.1. The Bertz CT molecular complexity index is 608. The third kappa shape index (κ3) is 3.23. The van der Waals surface area contributed by atoms with E-state index in [2.05, 4.69) is 10.3 Å². The van der Waals surface area contributed by atoms with Crippen LogP contribution in [-0.4, -0.2) is 32.6 Å². The summed E-state index contributed by atoms with van der Waals surface area (Å²) in [6, 6.07) is 6.01. The number of hydrogen-bond donors (Lipinski definition) is 2. The van der Waals surface area contributed by atoms with E-state index in [-0.39, 0.29) is 17.2 Å². The summed E-state index contributed by atoms with van der Waals surface area (Å²) in [5, 5.41) is 11.8. The van der Waals surface area contributed by atoms with E-state index in [9.17, 15) is 9.59 Å². The number of aromatic nitrogens is 2. The van der Waals surface area contributed by atoms with Gasteiger partial charge in [0, 0.05) is 25.0 Å². The van der Waals surface area contributed by atoms with E-state index >= 15 is 0 Å². The van der Waals surface area contributed by atoms with Gasteiger partial charge in [0.2, 0.25) is 0 Å². The Morgan fingerprint density at radius 3 is 2.65 bits per heavy atom. The largest absolute Gasteiger partial charge is 0.478 e. The number of carboxylic acids is 1. The topological polar surface area (TPSA) is 84.2 Å². The predicted octanol–water partition coefficient (Wildman–Crippen LogP) is 1.40. The molecule has 1 unspecified atom stereocenters. The van der Waals surface area contributed by atoms with E-state index in [1.54, 1.807) is 30.9 Å². The molecule has 0 saturated carbocycles. The molecule has 2 rings (SSSR count). The highest BCUT2D eigenvalue weighted by molar-refractivity contribution is 6.04. The summed E-state index contributed by atoms with van der Waals surface area (Å²) in [5.41, 5.74) is 0.164. The first-order valence-electron chi connectivity index (χ1n) is 6.17. The second kappa shape index (κ2) is 6.01. The highest BCUT2D eigenvalue weighted by Crippen LogP contribution is 2.09. The van der Waals surface area contributed by atoms with Crippen LogP contribution in [0.2, 0.25) is 0 Å². The van der Waals surface area contributed by atoms with Gasteiger partial charge in [0.1, 0.15) is 0 Å². The number of amides is 1. The molecule has 1 aromatic heterocycles. The van der Waals surface area contributed by atoms with Crippen LogP contribution < -0.4 is 5.32 Å². The van der Waals surface area contributed by atoms with Crippen molar-refractivity contribution in [1.29, 1.82) is 0 Å². The minimum absolute atomic E-state index is 0.000157. The Kier molecular flexibility index (Phi) is 4.14. The minimum atomic E-state index is -1.11. The van der Waals surface area contributed by atoms with Gasteiger partial charge in [-0.3, -0.25) is 4.79 Å². The first-order valence-corrected chi connectivity index (χ1v) is 6.17. The molecule has 0 fully saturated rings. The summed E-state index contributed by atoms with van der Waals surface area (Å²) in [5.74, 6) is -1.51. The number of aromatic carboxylic acids is 1. The summed E-state index contributed by atoms with van der Waals surface area (Å²) in [7, 11) is 0. The molecule has 20 heavy (non-hydrogen) atoms. The standard InChI is InChI=1S/C14H15N3O3/c1-10(8-17-7-6-15-9-17)16-13(18)11-4-2-3-5-12(11)14(19)20/h2-7,9-10H,8H2,1H3,(H,16,18)(H,19,20). The molecule has 2 aromatic rings. The van der Waals surface area contributed by atoms with E-state index < -0.39 is 11.9 Å². The fraction of sp³-hybridized carbons (Fsp3) is 0.214. The summed E-state index contributed by atoms with van der Waals surface area (Å²) < 4.78 is 1.84. The maximum absolute atomic E-state index is 12.1. The zero-order valence-electron chi connectivity index (χ0n) is 11.0. The summed E-state index contributed by atoms with van der Waals surface area (Å²) >= 11 is 0. The number of carbonyl (C=O) groups excluding carboxylic acids is 1. The highest BCUT2D eigenvalue weighted by Gasteiger charge is 2.17. The Balaban J connectivity index is 2.06. The zero-order valence-corrected chi connectivity index (χ0v) is 11.0. The average molecular weight is 273 g/mol. The minimum Gasteiger partial charge on any atom is -0.478 e. The van der Waals surface area contributed by atoms with E-state index in [0.717, 1.165) is 0 Å². The Morgan fingerprint density at radius 1 is 1.35 bits per heavy atom. The molecule has 1 heterocycles. The Labute approximate surface area is 116 Å². The van der Waals surface area contributed by atoms with Crippen LogP contribution in [0.5, 0.6) is 0 Å². The van der Waals surface area contributed by atoms with E-state index in [4.69, 9.17) is 5.11 Å². The number of nitrogens with one attached hydrogen (secondary N) is 1. The lowest BCUT2D eigenvalue weighted by Gasteiger charge is -2.15. The van der Waals surface area contributed by atoms with Crippen LogP contribution in [0.25, 0.3) is 0 Å². The third-order valence-corrected chi connectivity index (χ3v) is 2.82. The van der Waals surface area contributed by atoms with Crippen LogP contribution in [0.3, 0.4) is 0 Å². The van der Waals surface area contributed by atoms with E-state index in [0.29, 0.717) is 6.54 Å². The number of carbonyl (C=O) groups is 2. The van der Waals surface area contributed by atoms with Crippen molar-refractivity contribution in [2.24, 2.45) is 0 Å². The highest BCUT2D eigenvalue weighted by atomic mass is 16.4. The van der Waals surface area contributed by atoms with Crippen LogP contribution in [-0.2, 0) is 6.54 Å². The second-order valence-corrected chi connectivity index (χ2v) is 4.48. The van der Waals surface area contributed by atoms with Crippen LogP contribution in [0.1, 0.15) is 27.6 Å². The van der Waals surface area contributed by atoms with E-state index in [1.165, 1.54) is 12.1 Å². The van der Waals surface area contributed by atoms with Crippen molar-refractivity contribution in [2.75, 3.05) is 0 Å². The molecular weight excluding hydrogens is 258 g/mol. The molecule has 0 radical (unpaired) electrons. The number of carboxylic acid groups (broad SMARTS) is 1. The fourth-order valence-corrected chi connectivity index (χ4v) is 1.93. The second-order valence-electron chi connectivity index (χ2n) is 4.48. The molecular formula is C14H15N3O3. The molecule has 0 aliphatic carbocycles. The molecule has 0 spiro atoms. The Hall–Kier alpha value is -2.63.